The van der Waals surface area contributed by atoms with E-state index in [2.05, 4.69) is 41.7 Å². The minimum absolute atomic E-state index is 0.0312. The van der Waals surface area contributed by atoms with E-state index in [-0.39, 0.29) is 11.8 Å². The van der Waals surface area contributed by atoms with Crippen LogP contribution in [0.15, 0.2) is 30.3 Å². The first-order valence-corrected chi connectivity index (χ1v) is 13.5. The van der Waals surface area contributed by atoms with Crippen LogP contribution >= 0.6 is 0 Å². The molecule has 178 valence electrons. The van der Waals surface area contributed by atoms with Gasteiger partial charge in [-0.2, -0.15) is 0 Å². The third kappa shape index (κ3) is 5.72. The second-order valence-corrected chi connectivity index (χ2v) is 11.0. The van der Waals surface area contributed by atoms with Gasteiger partial charge in [-0.25, -0.2) is 18.4 Å². The number of H-pyrrole nitrogens is 1. The number of anilines is 1. The van der Waals surface area contributed by atoms with E-state index in [0.717, 1.165) is 59.9 Å². The van der Waals surface area contributed by atoms with Gasteiger partial charge in [0.2, 0.25) is 0 Å². The number of ether oxygens (including phenoxy) is 1. The lowest BCUT2D eigenvalue weighted by Gasteiger charge is -2.36. The summed E-state index contributed by atoms with van der Waals surface area (Å²) in [5.41, 5.74) is 5.10. The van der Waals surface area contributed by atoms with Gasteiger partial charge in [0, 0.05) is 25.0 Å². The minimum atomic E-state index is -3.19. The van der Waals surface area contributed by atoms with E-state index in [1.165, 1.54) is 6.26 Å². The summed E-state index contributed by atoms with van der Waals surface area (Å²) in [5.74, 6) is 0.749. The predicted octanol–water partition coefficient (Wildman–Crippen LogP) is 3.24. The van der Waals surface area contributed by atoms with Crippen molar-refractivity contribution in [2.24, 2.45) is 0 Å². The number of aromatic amines is 1. The van der Waals surface area contributed by atoms with Gasteiger partial charge in [-0.3, -0.25) is 0 Å². The SMILES string of the molecule is CCC1COCCN1c1cc(CS(C)(=O)=O)cc(-c2ccc3[nH]c(CN(C)CC)cc3n2)n1. The molecule has 1 aliphatic heterocycles. The van der Waals surface area contributed by atoms with Gasteiger partial charge < -0.3 is 19.5 Å². The van der Waals surface area contributed by atoms with E-state index in [9.17, 15) is 8.42 Å². The molecule has 1 atom stereocenters. The highest BCUT2D eigenvalue weighted by atomic mass is 32.2. The molecule has 0 aromatic carbocycles. The Morgan fingerprint density at radius 2 is 2.00 bits per heavy atom. The van der Waals surface area contributed by atoms with Gasteiger partial charge in [0.05, 0.1) is 47.4 Å². The van der Waals surface area contributed by atoms with E-state index in [0.29, 0.717) is 18.9 Å². The zero-order valence-electron chi connectivity index (χ0n) is 19.8. The Morgan fingerprint density at radius 3 is 2.73 bits per heavy atom. The summed E-state index contributed by atoms with van der Waals surface area (Å²) in [5, 5.41) is 0. The van der Waals surface area contributed by atoms with E-state index in [1.807, 2.05) is 24.3 Å². The van der Waals surface area contributed by atoms with Gasteiger partial charge in [0.25, 0.3) is 0 Å². The molecular weight excluding hydrogens is 438 g/mol. The first kappa shape index (κ1) is 23.7. The topological polar surface area (TPSA) is 91.4 Å². The molecule has 0 aliphatic carbocycles. The Hall–Kier alpha value is -2.49. The maximum atomic E-state index is 12.1. The molecule has 8 nitrogen and oxygen atoms in total. The zero-order valence-corrected chi connectivity index (χ0v) is 20.7. The van der Waals surface area contributed by atoms with Gasteiger partial charge in [-0.15, -0.1) is 0 Å². The van der Waals surface area contributed by atoms with E-state index in [4.69, 9.17) is 14.7 Å². The van der Waals surface area contributed by atoms with Crippen LogP contribution in [0.4, 0.5) is 5.82 Å². The first-order chi connectivity index (χ1) is 15.8. The van der Waals surface area contributed by atoms with E-state index < -0.39 is 9.84 Å². The number of nitrogens with one attached hydrogen (secondary N) is 1. The number of sulfone groups is 1. The predicted molar refractivity (Wildman–Crippen MR) is 132 cm³/mol. The van der Waals surface area contributed by atoms with Crippen molar-refractivity contribution in [2.75, 3.05) is 44.5 Å². The second kappa shape index (κ2) is 9.79. The van der Waals surface area contributed by atoms with Crippen molar-refractivity contribution in [1.29, 1.82) is 0 Å². The number of hydrogen-bond donors (Lipinski definition) is 1. The van der Waals surface area contributed by atoms with Crippen LogP contribution < -0.4 is 4.90 Å². The van der Waals surface area contributed by atoms with Crippen molar-refractivity contribution in [2.45, 2.75) is 38.6 Å². The molecule has 0 saturated carbocycles. The van der Waals surface area contributed by atoms with Gasteiger partial charge in [-0.1, -0.05) is 13.8 Å². The molecule has 3 aromatic heterocycles. The van der Waals surface area contributed by atoms with Gasteiger partial charge in [0.1, 0.15) is 5.82 Å². The Labute approximate surface area is 195 Å². The van der Waals surface area contributed by atoms with Gasteiger partial charge >= 0.3 is 0 Å². The summed E-state index contributed by atoms with van der Waals surface area (Å²) in [6.45, 7) is 8.05. The highest BCUT2D eigenvalue weighted by Crippen LogP contribution is 2.27. The normalized spacial score (nSPS) is 17.2. The lowest BCUT2D eigenvalue weighted by Crippen LogP contribution is -2.45. The monoisotopic (exact) mass is 471 g/mol. The first-order valence-electron chi connectivity index (χ1n) is 11.5. The Bertz CT molecular complexity index is 1220. The highest BCUT2D eigenvalue weighted by molar-refractivity contribution is 7.89. The van der Waals surface area contributed by atoms with Crippen LogP contribution in [0.25, 0.3) is 22.4 Å². The molecular formula is C24H33N5O3S. The minimum Gasteiger partial charge on any atom is -0.377 e. The van der Waals surface area contributed by atoms with Crippen LogP contribution in [-0.2, 0) is 26.9 Å². The van der Waals surface area contributed by atoms with E-state index >= 15 is 0 Å². The molecule has 1 saturated heterocycles. The summed E-state index contributed by atoms with van der Waals surface area (Å²) in [6, 6.07) is 9.98. The van der Waals surface area contributed by atoms with Crippen molar-refractivity contribution in [3.8, 4) is 11.4 Å². The maximum Gasteiger partial charge on any atom is 0.151 e. The lowest BCUT2D eigenvalue weighted by molar-refractivity contribution is 0.0926. The fourth-order valence-electron chi connectivity index (χ4n) is 4.23. The maximum absolute atomic E-state index is 12.1. The fraction of sp³-hybridized carbons (Fsp3) is 0.500. The average molecular weight is 472 g/mol. The largest absolute Gasteiger partial charge is 0.377 e. The molecule has 0 spiro atoms. The lowest BCUT2D eigenvalue weighted by atomic mass is 10.1. The van der Waals surface area contributed by atoms with E-state index in [1.54, 1.807) is 0 Å². The number of aromatic nitrogens is 3. The summed E-state index contributed by atoms with van der Waals surface area (Å²) < 4.78 is 29.8. The third-order valence-corrected chi connectivity index (χ3v) is 6.92. The quantitative estimate of drug-likeness (QED) is 0.539. The van der Waals surface area contributed by atoms with Crippen molar-refractivity contribution in [1.82, 2.24) is 19.9 Å². The average Bonchev–Trinajstić information content (AvgIpc) is 3.18. The van der Waals surface area contributed by atoms with Crippen LogP contribution in [0.2, 0.25) is 0 Å². The fourth-order valence-corrected chi connectivity index (χ4v) is 5.00. The molecule has 3 aromatic rings. The number of rotatable bonds is 8. The van der Waals surface area contributed by atoms with Crippen LogP contribution in [0.5, 0.6) is 0 Å². The molecule has 33 heavy (non-hydrogen) atoms. The van der Waals surface area contributed by atoms with Crippen molar-refractivity contribution in [3.05, 3.63) is 41.6 Å². The number of morpholine rings is 1. The molecule has 1 unspecified atom stereocenters. The highest BCUT2D eigenvalue weighted by Gasteiger charge is 2.24. The molecule has 9 heteroatoms. The summed E-state index contributed by atoms with van der Waals surface area (Å²) in [6.07, 6.45) is 2.19. The van der Waals surface area contributed by atoms with Crippen molar-refractivity contribution in [3.63, 3.8) is 0 Å². The molecule has 1 fully saturated rings. The number of fused-ring (bicyclic) bond motifs is 1. The Balaban J connectivity index is 1.75. The molecule has 1 N–H and O–H groups in total. The molecule has 4 heterocycles. The molecule has 0 bridgehead atoms. The van der Waals surface area contributed by atoms with Crippen LogP contribution in [-0.4, -0.2) is 73.9 Å². The standard InChI is InChI=1S/C24H33N5O3S/c1-5-19-15-32-10-9-29(19)24-12-17(16-33(4,30)31)11-22(27-24)21-8-7-20-23(26-21)13-18(25-20)14-28(3)6-2/h7-8,11-13,19,25H,5-6,9-10,14-16H2,1-4H3. The Kier molecular flexibility index (Phi) is 7.02. The Morgan fingerprint density at radius 1 is 1.18 bits per heavy atom. The van der Waals surface area contributed by atoms with Gasteiger partial charge in [0.15, 0.2) is 9.84 Å². The van der Waals surface area contributed by atoms with Crippen molar-refractivity contribution >= 4 is 26.7 Å². The molecule has 0 radical (unpaired) electrons. The molecule has 4 rings (SSSR count). The third-order valence-electron chi connectivity index (χ3n) is 6.07. The van der Waals surface area contributed by atoms with Crippen LogP contribution in [0.1, 0.15) is 31.5 Å². The summed E-state index contributed by atoms with van der Waals surface area (Å²) in [4.78, 5) is 17.7. The second-order valence-electron chi connectivity index (χ2n) is 8.87. The summed E-state index contributed by atoms with van der Waals surface area (Å²) >= 11 is 0. The summed E-state index contributed by atoms with van der Waals surface area (Å²) in [7, 11) is -1.11. The van der Waals surface area contributed by atoms with Crippen LogP contribution in [0.3, 0.4) is 0 Å². The molecule has 0 amide bonds. The van der Waals surface area contributed by atoms with Crippen molar-refractivity contribution < 1.29 is 13.2 Å². The number of pyridine rings is 2. The number of nitrogens with zero attached hydrogens (tertiary/aromatic N) is 4. The van der Waals surface area contributed by atoms with Crippen LogP contribution in [0, 0.1) is 0 Å². The van der Waals surface area contributed by atoms with Gasteiger partial charge in [-0.05, 0) is 55.9 Å². The number of hydrogen-bond acceptors (Lipinski definition) is 7. The smallest absolute Gasteiger partial charge is 0.151 e. The zero-order chi connectivity index (χ0) is 23.6. The molecule has 1 aliphatic rings.